The highest BCUT2D eigenvalue weighted by atomic mass is 16.7. The second-order valence-electron chi connectivity index (χ2n) is 11.3. The van der Waals surface area contributed by atoms with Gasteiger partial charge in [-0.25, -0.2) is 0 Å². The molecule has 0 spiro atoms. The van der Waals surface area contributed by atoms with Gasteiger partial charge in [-0.15, -0.1) is 0 Å². The van der Waals surface area contributed by atoms with Crippen LogP contribution in [0, 0.1) is 0 Å². The van der Waals surface area contributed by atoms with Gasteiger partial charge in [-0.2, -0.15) is 5.48 Å². The minimum Gasteiger partial charge on any atom is -0.496 e. The lowest BCUT2D eigenvalue weighted by molar-refractivity contribution is -0.131. The standard InChI is InChI=1S/C32H45N5O3/c1-25(38)37(22-26-10-4-7-13-32(26)39-2)23-28(20-27-21-33-31-12-6-5-11-30(27)31)34-40-24-35-18-14-29(15-19-35)36-16-8-3-9-17-36/h4-7,10-13,21,28-29,33-34H,3,8-9,14-20,22-24H2,1-2H3/t28-/m1/s1. The van der Waals surface area contributed by atoms with E-state index in [1.54, 1.807) is 14.0 Å². The monoisotopic (exact) mass is 547 g/mol. The zero-order valence-electron chi connectivity index (χ0n) is 24.1. The van der Waals surface area contributed by atoms with Crippen LogP contribution in [0.5, 0.6) is 5.75 Å². The van der Waals surface area contributed by atoms with Gasteiger partial charge >= 0.3 is 0 Å². The van der Waals surface area contributed by atoms with E-state index in [0.29, 0.717) is 19.8 Å². The quantitative estimate of drug-likeness (QED) is 0.324. The summed E-state index contributed by atoms with van der Waals surface area (Å²) >= 11 is 0. The van der Waals surface area contributed by atoms with Crippen molar-refractivity contribution in [2.45, 2.75) is 64.1 Å². The number of methoxy groups -OCH3 is 1. The molecule has 2 saturated heterocycles. The fraction of sp³-hybridized carbons (Fsp3) is 0.531. The number of carbonyl (C=O) groups excluding carboxylic acids is 1. The molecule has 5 rings (SSSR count). The van der Waals surface area contributed by atoms with Crippen LogP contribution >= 0.6 is 0 Å². The molecule has 216 valence electrons. The highest BCUT2D eigenvalue weighted by Crippen LogP contribution is 2.23. The van der Waals surface area contributed by atoms with Crippen LogP contribution in [-0.2, 0) is 22.6 Å². The summed E-state index contributed by atoms with van der Waals surface area (Å²) in [5.74, 6) is 0.815. The van der Waals surface area contributed by atoms with Crippen LogP contribution in [0.3, 0.4) is 0 Å². The maximum Gasteiger partial charge on any atom is 0.219 e. The van der Waals surface area contributed by atoms with E-state index in [0.717, 1.165) is 42.4 Å². The Balaban J connectivity index is 1.21. The number of hydroxylamine groups is 1. The van der Waals surface area contributed by atoms with Gasteiger partial charge in [0.25, 0.3) is 0 Å². The number of piperidine rings is 2. The number of ether oxygens (including phenoxy) is 1. The van der Waals surface area contributed by atoms with Crippen molar-refractivity contribution in [3.8, 4) is 5.75 Å². The lowest BCUT2D eigenvalue weighted by Gasteiger charge is -2.40. The van der Waals surface area contributed by atoms with Gasteiger partial charge < -0.3 is 19.5 Å². The zero-order chi connectivity index (χ0) is 27.7. The number of fused-ring (bicyclic) bond motifs is 1. The molecule has 0 saturated carbocycles. The first-order valence-electron chi connectivity index (χ1n) is 14.9. The predicted molar refractivity (Wildman–Crippen MR) is 159 cm³/mol. The number of H-pyrrole nitrogens is 1. The SMILES string of the molecule is COc1ccccc1CN(C[C@@H](Cc1c[nH]c2ccccc12)NOCN1CCC(N2CCCCC2)CC1)C(C)=O. The summed E-state index contributed by atoms with van der Waals surface area (Å²) < 4.78 is 5.55. The number of hydrogen-bond acceptors (Lipinski definition) is 6. The maximum absolute atomic E-state index is 12.8. The molecule has 8 nitrogen and oxygen atoms in total. The Kier molecular flexibility index (Phi) is 10.1. The van der Waals surface area contributed by atoms with Crippen molar-refractivity contribution in [2.75, 3.05) is 46.6 Å². The molecule has 2 N–H and O–H groups in total. The molecule has 0 bridgehead atoms. The fourth-order valence-corrected chi connectivity index (χ4v) is 6.26. The Morgan fingerprint density at radius 2 is 1.77 bits per heavy atom. The van der Waals surface area contributed by atoms with Gasteiger partial charge in [0, 0.05) is 61.8 Å². The molecular formula is C32H45N5O3. The first-order valence-corrected chi connectivity index (χ1v) is 14.9. The molecule has 2 aliphatic heterocycles. The molecule has 40 heavy (non-hydrogen) atoms. The molecule has 0 unspecified atom stereocenters. The number of rotatable bonds is 12. The van der Waals surface area contributed by atoms with E-state index in [4.69, 9.17) is 9.57 Å². The average Bonchev–Trinajstić information content (AvgIpc) is 3.40. The highest BCUT2D eigenvalue weighted by Gasteiger charge is 2.26. The molecule has 0 aliphatic carbocycles. The summed E-state index contributed by atoms with van der Waals surface area (Å²) in [5.41, 5.74) is 6.67. The minimum atomic E-state index is -0.0799. The summed E-state index contributed by atoms with van der Waals surface area (Å²) in [6.07, 6.45) is 9.30. The predicted octanol–water partition coefficient (Wildman–Crippen LogP) is 4.57. The van der Waals surface area contributed by atoms with Crippen LogP contribution in [0.1, 0.15) is 50.2 Å². The smallest absolute Gasteiger partial charge is 0.219 e. The van der Waals surface area contributed by atoms with Gasteiger partial charge in [0.2, 0.25) is 5.91 Å². The third-order valence-electron chi connectivity index (χ3n) is 8.54. The molecular weight excluding hydrogens is 502 g/mol. The van der Waals surface area contributed by atoms with Crippen molar-refractivity contribution in [1.82, 2.24) is 25.2 Å². The Bertz CT molecular complexity index is 1220. The molecule has 8 heteroatoms. The third kappa shape index (κ3) is 7.43. The van der Waals surface area contributed by atoms with E-state index >= 15 is 0 Å². The first-order chi connectivity index (χ1) is 19.6. The van der Waals surface area contributed by atoms with Crippen LogP contribution in [0.25, 0.3) is 10.9 Å². The van der Waals surface area contributed by atoms with Crippen LogP contribution in [0.4, 0.5) is 0 Å². The summed E-state index contributed by atoms with van der Waals surface area (Å²) in [6, 6.07) is 16.9. The number of likely N-dealkylation sites (tertiary alicyclic amines) is 2. The normalized spacial score (nSPS) is 18.1. The largest absolute Gasteiger partial charge is 0.496 e. The van der Waals surface area contributed by atoms with Crippen LogP contribution in [-0.4, -0.2) is 84.2 Å². The summed E-state index contributed by atoms with van der Waals surface area (Å²) in [4.78, 5) is 29.3. The van der Waals surface area contributed by atoms with Crippen molar-refractivity contribution in [3.63, 3.8) is 0 Å². The zero-order valence-corrected chi connectivity index (χ0v) is 24.1. The van der Waals surface area contributed by atoms with Gasteiger partial charge in [-0.3, -0.25) is 14.5 Å². The highest BCUT2D eigenvalue weighted by molar-refractivity contribution is 5.83. The first kappa shape index (κ1) is 28.6. The topological polar surface area (TPSA) is 73.1 Å². The molecule has 1 amide bonds. The number of nitrogens with zero attached hydrogens (tertiary/aromatic N) is 3. The van der Waals surface area contributed by atoms with Crippen molar-refractivity contribution in [1.29, 1.82) is 0 Å². The van der Waals surface area contributed by atoms with Crippen LogP contribution in [0.2, 0.25) is 0 Å². The van der Waals surface area contributed by atoms with E-state index < -0.39 is 0 Å². The van der Waals surface area contributed by atoms with Crippen LogP contribution < -0.4 is 10.2 Å². The fourth-order valence-electron chi connectivity index (χ4n) is 6.26. The summed E-state index contributed by atoms with van der Waals surface area (Å²) in [5, 5.41) is 1.20. The minimum absolute atomic E-state index is 0.0245. The number of nitrogens with one attached hydrogen (secondary N) is 2. The summed E-state index contributed by atoms with van der Waals surface area (Å²) in [7, 11) is 1.67. The lowest BCUT2D eigenvalue weighted by Crippen LogP contribution is -2.49. The maximum atomic E-state index is 12.8. The van der Waals surface area contributed by atoms with Gasteiger partial charge in [-0.05, 0) is 62.9 Å². The second kappa shape index (κ2) is 14.1. The number of benzene rings is 2. The second-order valence-corrected chi connectivity index (χ2v) is 11.3. The number of aromatic nitrogens is 1. The van der Waals surface area contributed by atoms with E-state index in [2.05, 4.69) is 44.7 Å². The van der Waals surface area contributed by atoms with Gasteiger partial charge in [-0.1, -0.05) is 42.8 Å². The molecule has 0 radical (unpaired) electrons. The van der Waals surface area contributed by atoms with Crippen molar-refractivity contribution in [2.24, 2.45) is 0 Å². The van der Waals surface area contributed by atoms with Gasteiger partial charge in [0.15, 0.2) is 0 Å². The number of hydrogen-bond donors (Lipinski definition) is 2. The molecule has 2 aliphatic rings. The number of para-hydroxylation sites is 2. The van der Waals surface area contributed by atoms with Gasteiger partial charge in [0.1, 0.15) is 12.5 Å². The summed E-state index contributed by atoms with van der Waals surface area (Å²) in [6.45, 7) is 7.82. The average molecular weight is 548 g/mol. The Morgan fingerprint density at radius 3 is 2.55 bits per heavy atom. The number of amides is 1. The Labute approximate surface area is 238 Å². The number of aromatic amines is 1. The van der Waals surface area contributed by atoms with Gasteiger partial charge in [0.05, 0.1) is 13.2 Å². The molecule has 2 aromatic carbocycles. The molecule has 3 heterocycles. The van der Waals surface area contributed by atoms with Crippen molar-refractivity contribution >= 4 is 16.8 Å². The van der Waals surface area contributed by atoms with Crippen LogP contribution in [0.15, 0.2) is 54.7 Å². The Morgan fingerprint density at radius 1 is 1.02 bits per heavy atom. The molecule has 1 aromatic heterocycles. The van der Waals surface area contributed by atoms with E-state index in [9.17, 15) is 4.79 Å². The molecule has 2 fully saturated rings. The van der Waals surface area contributed by atoms with E-state index in [1.165, 1.54) is 56.1 Å². The third-order valence-corrected chi connectivity index (χ3v) is 8.54. The van der Waals surface area contributed by atoms with Crippen molar-refractivity contribution in [3.05, 3.63) is 65.9 Å². The van der Waals surface area contributed by atoms with E-state index in [-0.39, 0.29) is 11.9 Å². The van der Waals surface area contributed by atoms with E-state index in [1.807, 2.05) is 35.2 Å². The molecule has 1 atom stereocenters. The Hall–Kier alpha value is -2.91. The van der Waals surface area contributed by atoms with Crippen molar-refractivity contribution < 1.29 is 14.4 Å². The number of carbonyl (C=O) groups is 1. The molecule has 3 aromatic rings. The lowest BCUT2D eigenvalue weighted by atomic mass is 10.0.